The Balaban J connectivity index is 2.10. The number of anilines is 2. The third kappa shape index (κ3) is 1.30. The van der Waals surface area contributed by atoms with Gasteiger partial charge in [0.05, 0.1) is 11.4 Å². The highest BCUT2D eigenvalue weighted by atomic mass is 16.2. The van der Waals surface area contributed by atoms with Crippen LogP contribution in [0.2, 0.25) is 0 Å². The molecule has 1 saturated heterocycles. The van der Waals surface area contributed by atoms with Gasteiger partial charge in [0, 0.05) is 19.6 Å². The van der Waals surface area contributed by atoms with Crippen LogP contribution in [0.5, 0.6) is 0 Å². The highest BCUT2D eigenvalue weighted by Gasteiger charge is 2.34. The van der Waals surface area contributed by atoms with Crippen LogP contribution in [0.25, 0.3) is 0 Å². The van der Waals surface area contributed by atoms with Gasteiger partial charge in [0.15, 0.2) is 0 Å². The molecule has 0 bridgehead atoms. The van der Waals surface area contributed by atoms with Crippen LogP contribution in [-0.2, 0) is 4.79 Å². The molecule has 2 N–H and O–H groups in total. The summed E-state index contributed by atoms with van der Waals surface area (Å²) in [6, 6.07) is 6.11. The number of para-hydroxylation sites is 1. The maximum atomic E-state index is 12.0. The standard InChI is InChI=1S/C12H15N3O/c1-8-3-2-4-9-11(8)14-12(16)10-7-13-5-6-15(9)10/h2-4,10,13H,5-7H2,1H3,(H,14,16). The van der Waals surface area contributed by atoms with Crippen molar-refractivity contribution in [3.63, 3.8) is 0 Å². The van der Waals surface area contributed by atoms with Crippen LogP contribution in [0.1, 0.15) is 5.56 Å². The smallest absolute Gasteiger partial charge is 0.248 e. The molecular weight excluding hydrogens is 202 g/mol. The third-order valence-electron chi connectivity index (χ3n) is 3.35. The lowest BCUT2D eigenvalue weighted by Crippen LogP contribution is -2.59. The summed E-state index contributed by atoms with van der Waals surface area (Å²) in [7, 11) is 0. The van der Waals surface area contributed by atoms with Crippen molar-refractivity contribution in [3.8, 4) is 0 Å². The molecule has 0 aliphatic carbocycles. The number of amides is 1. The molecular formula is C12H15N3O. The first-order chi connectivity index (χ1) is 7.77. The molecule has 0 radical (unpaired) electrons. The number of piperazine rings is 1. The number of nitrogens with one attached hydrogen (secondary N) is 2. The molecule has 1 aromatic rings. The molecule has 16 heavy (non-hydrogen) atoms. The summed E-state index contributed by atoms with van der Waals surface area (Å²) < 4.78 is 0. The first kappa shape index (κ1) is 9.66. The predicted molar refractivity (Wildman–Crippen MR) is 63.8 cm³/mol. The number of rotatable bonds is 0. The maximum Gasteiger partial charge on any atom is 0.248 e. The second-order valence-corrected chi connectivity index (χ2v) is 4.37. The normalized spacial score (nSPS) is 23.4. The van der Waals surface area contributed by atoms with Gasteiger partial charge in [-0.1, -0.05) is 12.1 Å². The summed E-state index contributed by atoms with van der Waals surface area (Å²) in [4.78, 5) is 14.2. The Kier molecular flexibility index (Phi) is 2.11. The van der Waals surface area contributed by atoms with Crippen LogP contribution >= 0.6 is 0 Å². The Morgan fingerprint density at radius 1 is 1.44 bits per heavy atom. The Hall–Kier alpha value is -1.55. The van der Waals surface area contributed by atoms with Gasteiger partial charge in [-0.15, -0.1) is 0 Å². The van der Waals surface area contributed by atoms with E-state index in [1.165, 1.54) is 0 Å². The fraction of sp³-hybridized carbons (Fsp3) is 0.417. The Labute approximate surface area is 94.6 Å². The van der Waals surface area contributed by atoms with Gasteiger partial charge < -0.3 is 15.5 Å². The zero-order valence-electron chi connectivity index (χ0n) is 9.29. The van der Waals surface area contributed by atoms with Crippen LogP contribution in [0, 0.1) is 6.92 Å². The number of hydrogen-bond donors (Lipinski definition) is 2. The van der Waals surface area contributed by atoms with Gasteiger partial charge in [-0.2, -0.15) is 0 Å². The zero-order valence-corrected chi connectivity index (χ0v) is 9.29. The van der Waals surface area contributed by atoms with Gasteiger partial charge in [0.2, 0.25) is 5.91 Å². The molecule has 1 fully saturated rings. The molecule has 1 unspecified atom stereocenters. The van der Waals surface area contributed by atoms with Crippen LogP contribution in [0.4, 0.5) is 11.4 Å². The van der Waals surface area contributed by atoms with Crippen LogP contribution in [0.15, 0.2) is 18.2 Å². The quantitative estimate of drug-likeness (QED) is 0.673. The molecule has 2 aliphatic heterocycles. The van der Waals surface area contributed by atoms with Crippen molar-refractivity contribution < 1.29 is 4.79 Å². The molecule has 1 amide bonds. The summed E-state index contributed by atoms with van der Waals surface area (Å²) in [5.74, 6) is 0.106. The lowest BCUT2D eigenvalue weighted by atomic mass is 10.0. The fourth-order valence-electron chi connectivity index (χ4n) is 2.49. The van der Waals surface area contributed by atoms with Crippen molar-refractivity contribution in [3.05, 3.63) is 23.8 Å². The molecule has 1 aromatic carbocycles. The average molecular weight is 217 g/mol. The number of hydrogen-bond acceptors (Lipinski definition) is 3. The van der Waals surface area contributed by atoms with E-state index in [1.807, 2.05) is 19.1 Å². The van der Waals surface area contributed by atoms with Crippen molar-refractivity contribution in [2.45, 2.75) is 13.0 Å². The number of aryl methyl sites for hydroxylation is 1. The molecule has 3 rings (SSSR count). The lowest BCUT2D eigenvalue weighted by molar-refractivity contribution is -0.117. The van der Waals surface area contributed by atoms with E-state index in [0.29, 0.717) is 0 Å². The Morgan fingerprint density at radius 3 is 3.19 bits per heavy atom. The number of fused-ring (bicyclic) bond motifs is 3. The molecule has 84 valence electrons. The highest BCUT2D eigenvalue weighted by Crippen LogP contribution is 2.34. The predicted octanol–water partition coefficient (Wildman–Crippen LogP) is 0.725. The number of carbonyl (C=O) groups excluding carboxylic acids is 1. The largest absolute Gasteiger partial charge is 0.356 e. The van der Waals surface area contributed by atoms with Crippen LogP contribution < -0.4 is 15.5 Å². The first-order valence-electron chi connectivity index (χ1n) is 5.65. The molecule has 0 spiro atoms. The van der Waals surface area contributed by atoms with Crippen LogP contribution in [0.3, 0.4) is 0 Å². The number of carbonyl (C=O) groups is 1. The first-order valence-corrected chi connectivity index (χ1v) is 5.65. The van der Waals surface area contributed by atoms with E-state index in [9.17, 15) is 4.79 Å². The summed E-state index contributed by atoms with van der Waals surface area (Å²) >= 11 is 0. The van der Waals surface area contributed by atoms with E-state index in [1.54, 1.807) is 0 Å². The van der Waals surface area contributed by atoms with Crippen molar-refractivity contribution in [1.29, 1.82) is 0 Å². The van der Waals surface area contributed by atoms with Gasteiger partial charge in [0.1, 0.15) is 6.04 Å². The molecule has 4 nitrogen and oxygen atoms in total. The van der Waals surface area contributed by atoms with E-state index in [0.717, 1.165) is 36.6 Å². The summed E-state index contributed by atoms with van der Waals surface area (Å²) in [6.07, 6.45) is 0. The van der Waals surface area contributed by atoms with E-state index in [4.69, 9.17) is 0 Å². The van der Waals surface area contributed by atoms with Gasteiger partial charge >= 0.3 is 0 Å². The molecule has 1 atom stereocenters. The monoisotopic (exact) mass is 217 g/mol. The zero-order chi connectivity index (χ0) is 11.1. The number of benzene rings is 1. The summed E-state index contributed by atoms with van der Waals surface area (Å²) in [5, 5.41) is 6.26. The lowest BCUT2D eigenvalue weighted by Gasteiger charge is -2.41. The highest BCUT2D eigenvalue weighted by molar-refractivity contribution is 6.04. The topological polar surface area (TPSA) is 44.4 Å². The molecule has 4 heteroatoms. The van der Waals surface area contributed by atoms with Crippen molar-refractivity contribution in [2.24, 2.45) is 0 Å². The van der Waals surface area contributed by atoms with Gasteiger partial charge in [-0.05, 0) is 18.6 Å². The van der Waals surface area contributed by atoms with Gasteiger partial charge in [-0.25, -0.2) is 0 Å². The minimum Gasteiger partial charge on any atom is -0.356 e. The fourth-order valence-corrected chi connectivity index (χ4v) is 2.49. The second kappa shape index (κ2) is 3.49. The molecule has 2 aliphatic rings. The van der Waals surface area contributed by atoms with Crippen molar-refractivity contribution >= 4 is 17.3 Å². The van der Waals surface area contributed by atoms with E-state index in [2.05, 4.69) is 21.6 Å². The summed E-state index contributed by atoms with van der Waals surface area (Å²) in [5.41, 5.74) is 3.26. The van der Waals surface area contributed by atoms with E-state index < -0.39 is 0 Å². The third-order valence-corrected chi connectivity index (χ3v) is 3.35. The van der Waals surface area contributed by atoms with Crippen molar-refractivity contribution in [2.75, 3.05) is 29.9 Å². The van der Waals surface area contributed by atoms with E-state index in [-0.39, 0.29) is 11.9 Å². The minimum atomic E-state index is -0.0527. The number of nitrogens with zero attached hydrogens (tertiary/aromatic N) is 1. The van der Waals surface area contributed by atoms with Gasteiger partial charge in [-0.3, -0.25) is 4.79 Å². The van der Waals surface area contributed by atoms with Crippen molar-refractivity contribution in [1.82, 2.24) is 5.32 Å². The molecule has 0 saturated carbocycles. The van der Waals surface area contributed by atoms with Gasteiger partial charge in [0.25, 0.3) is 0 Å². The maximum absolute atomic E-state index is 12.0. The second-order valence-electron chi connectivity index (χ2n) is 4.37. The molecule has 2 heterocycles. The minimum absolute atomic E-state index is 0.0527. The van der Waals surface area contributed by atoms with E-state index >= 15 is 0 Å². The Morgan fingerprint density at radius 2 is 2.31 bits per heavy atom. The SMILES string of the molecule is Cc1cccc2c1NC(=O)C1CNCCN21. The summed E-state index contributed by atoms with van der Waals surface area (Å²) in [6.45, 7) is 4.60. The average Bonchev–Trinajstić information content (AvgIpc) is 2.31. The molecule has 0 aromatic heterocycles. The van der Waals surface area contributed by atoms with Crippen LogP contribution in [-0.4, -0.2) is 31.6 Å². The Bertz CT molecular complexity index is 444.